The van der Waals surface area contributed by atoms with Gasteiger partial charge in [0.25, 0.3) is 0 Å². The highest BCUT2D eigenvalue weighted by Crippen LogP contribution is 2.57. The Morgan fingerprint density at radius 3 is 1.63 bits per heavy atom. The Bertz CT molecular complexity index is 4400. The van der Waals surface area contributed by atoms with E-state index in [4.69, 9.17) is 84.1 Å². The first-order valence-corrected chi connectivity index (χ1v) is 43.8. The number of ether oxygens (including phenoxy) is 7. The van der Waals surface area contributed by atoms with E-state index in [1.165, 1.54) is 33.1 Å². The summed E-state index contributed by atoms with van der Waals surface area (Å²) in [7, 11) is 4.40. The lowest BCUT2D eigenvalue weighted by Gasteiger charge is -2.38. The molecule has 0 spiro atoms. The number of aromatic amines is 1. The molecule has 3 aliphatic heterocycles. The van der Waals surface area contributed by atoms with E-state index in [1.807, 2.05) is 18.2 Å². The van der Waals surface area contributed by atoms with Crippen LogP contribution in [-0.2, 0) is 78.2 Å². The van der Waals surface area contributed by atoms with Gasteiger partial charge in [-0.25, -0.2) is 0 Å². The zero-order valence-electron chi connectivity index (χ0n) is 70.2. The molecule has 124 heavy (non-hydrogen) atoms. The zero-order valence-corrected chi connectivity index (χ0v) is 71.8. The molecular weight excluding hydrogens is 1650 g/mol. The Balaban J connectivity index is 0.885. The van der Waals surface area contributed by atoms with Crippen molar-refractivity contribution in [3.63, 3.8) is 0 Å². The number of nitrogens with one attached hydrogen (secondary N) is 13. The standard InChI is InChI=1S/C81H119N21O20S2/c1-116-60-34-43(35-61(117-2)69(60)118-3)66-46-36-58-59(121-42-120-58)37-47(46)68(48-40-119-79(115)67(48)66)122-65(105)23-31-102-64(104)38-62(78(102)114)124-41-49(85)71(107)91-30-22-63(103)95-52(20-13-28-92-80(87)88)72(108)98-55(21-14-29-93-81(89)90)74(110)100-56(24-32-123-4)76(112)97-54(19-9-12-27-84)75(111)101-57(33-44-39-94-50-16-6-5-15-45(44)50)77(113)99-53(18-8-11-26-83)73(109)96-51(70(86)106)17-7-10-25-82/h5-6,15-16,34-37,39,48-49,51-57,62,66-68,94H,7-14,17-33,38,40-42,82-85H2,1-4H3,(H2,86,106)(H,91,107)(H,95,103)(H,96,109)(H,97,112)(H,98,108)(H,99,113)(H,100,110)(H,101,111)(H4,87,88,92)(H4,89,90,93)/t48-,49-,51-,52-,53-,54-,55-,56-,57-,62?,66+,67-,68-/m0/s1. The number of rotatable bonds is 54. The highest BCUT2D eigenvalue weighted by Gasteiger charge is 2.55. The number of carbonyl (C=O) groups excluding carboxylic acids is 13. The first kappa shape index (κ1) is 98.0. The molecule has 3 aromatic carbocycles. The van der Waals surface area contributed by atoms with Gasteiger partial charge in [-0.15, -0.1) is 11.8 Å². The molecular formula is C81H119N21O20S2. The topological polar surface area (TPSA) is 656 Å². The molecule has 11 amide bonds. The fourth-order valence-corrected chi connectivity index (χ4v) is 16.7. The highest BCUT2D eigenvalue weighted by molar-refractivity contribution is 8.00. The molecule has 1 aliphatic carbocycles. The molecule has 1 unspecified atom stereocenters. The van der Waals surface area contributed by atoms with Gasteiger partial charge in [0.05, 0.1) is 51.6 Å². The number of guanidine groups is 2. The van der Waals surface area contributed by atoms with Crippen molar-refractivity contribution in [2.24, 2.45) is 52.0 Å². The average Bonchev–Trinajstić information content (AvgIpc) is 1.46. The average molecular weight is 1770 g/mol. The summed E-state index contributed by atoms with van der Waals surface area (Å²) in [4.78, 5) is 187. The van der Waals surface area contributed by atoms with E-state index in [1.54, 1.807) is 42.8 Å². The number of carbonyl (C=O) groups is 13. The molecule has 4 heterocycles. The van der Waals surface area contributed by atoms with Crippen LogP contribution in [0.3, 0.4) is 0 Å². The Morgan fingerprint density at radius 1 is 0.589 bits per heavy atom. The summed E-state index contributed by atoms with van der Waals surface area (Å²) >= 11 is 2.29. The molecule has 4 aromatic rings. The van der Waals surface area contributed by atoms with Crippen molar-refractivity contribution in [3.05, 3.63) is 77.0 Å². The molecule has 41 nitrogen and oxygen atoms in total. The van der Waals surface area contributed by atoms with Crippen LogP contribution in [-0.4, -0.2) is 251 Å². The molecule has 13 atom stereocenters. The highest BCUT2D eigenvalue weighted by atomic mass is 32.2. The van der Waals surface area contributed by atoms with Crippen LogP contribution in [0.15, 0.2) is 54.7 Å². The zero-order chi connectivity index (χ0) is 90.1. The van der Waals surface area contributed by atoms with Crippen LogP contribution >= 0.6 is 23.5 Å². The molecule has 2 saturated heterocycles. The number of imide groups is 1. The molecule has 4 aliphatic rings. The fraction of sp³-hybridized carbons (Fsp3) is 0.568. The van der Waals surface area contributed by atoms with Gasteiger partial charge in [-0.2, -0.15) is 11.8 Å². The van der Waals surface area contributed by atoms with Gasteiger partial charge >= 0.3 is 11.9 Å². The van der Waals surface area contributed by atoms with E-state index in [0.29, 0.717) is 102 Å². The Hall–Kier alpha value is -11.4. The summed E-state index contributed by atoms with van der Waals surface area (Å²) < 4.78 is 40.2. The van der Waals surface area contributed by atoms with E-state index in [0.717, 1.165) is 27.6 Å². The molecule has 680 valence electrons. The number of nitrogens with two attached hydrogens (primary N) is 7. The molecule has 8 rings (SSSR count). The van der Waals surface area contributed by atoms with Gasteiger partial charge in [-0.1, -0.05) is 18.2 Å². The number of likely N-dealkylation sites (tertiary alicyclic amines) is 1. The molecule has 43 heteroatoms. The number of amides is 11. The third-order valence-electron chi connectivity index (χ3n) is 21.6. The minimum Gasteiger partial charge on any atom is -0.493 e. The van der Waals surface area contributed by atoms with Crippen molar-refractivity contribution in [3.8, 4) is 28.7 Å². The molecule has 0 radical (unpaired) electrons. The van der Waals surface area contributed by atoms with Crippen LogP contribution in [0.4, 0.5) is 0 Å². The molecule has 1 aromatic heterocycles. The summed E-state index contributed by atoms with van der Waals surface area (Å²) in [6.45, 7) is 0.140. The van der Waals surface area contributed by atoms with Crippen LogP contribution in [0, 0.1) is 22.7 Å². The van der Waals surface area contributed by atoms with Crippen molar-refractivity contribution in [1.82, 2.24) is 63.1 Å². The van der Waals surface area contributed by atoms with Crippen LogP contribution in [0.5, 0.6) is 28.7 Å². The normalized spacial score (nSPS) is 18.0. The van der Waals surface area contributed by atoms with Gasteiger partial charge in [0, 0.05) is 85.7 Å². The number of thioether (sulfide) groups is 2. The smallest absolute Gasteiger partial charge is 0.310 e. The third-order valence-corrected chi connectivity index (χ3v) is 23.6. The minimum atomic E-state index is -1.43. The predicted octanol–water partition coefficient (Wildman–Crippen LogP) is -1.69. The Labute approximate surface area is 726 Å². The van der Waals surface area contributed by atoms with Gasteiger partial charge < -0.3 is 131 Å². The SMILES string of the molecule is COc1cc([C@@H]2c3cc4c(cc3[C@H](OC(=O)CCN3C(=O)CC(SC[C@H](N)C(=O)NCCC(=O)N[C@@H](CCCNC(=N)N)C(=O)N[C@@H](CCCNC(=N)N)C(=O)N[C@@H](CCSC)C(=O)N[C@@H](CCCCN)C(=O)N[C@@H](Cc5c[nH]c6ccccc56)C(=O)N[C@@H](CCCCN)C(=O)N[C@@H](CCCCN)C(N)=O)C3=O)[C@H]3COC(=O)[C@H]23)OCO4)cc(OC)c1OC. The first-order valence-electron chi connectivity index (χ1n) is 41.4. The molecule has 0 saturated carbocycles. The second kappa shape index (κ2) is 49.2. The maximum absolute atomic E-state index is 14.9. The Morgan fingerprint density at radius 2 is 1.10 bits per heavy atom. The molecule has 27 N–H and O–H groups in total. The van der Waals surface area contributed by atoms with Gasteiger partial charge in [0.2, 0.25) is 77.5 Å². The largest absolute Gasteiger partial charge is 0.493 e. The number of para-hydroxylation sites is 1. The summed E-state index contributed by atoms with van der Waals surface area (Å²) in [6.07, 6.45) is 4.18. The van der Waals surface area contributed by atoms with Crippen molar-refractivity contribution >= 4 is 123 Å². The number of cyclic esters (lactones) is 1. The number of unbranched alkanes of at least 4 members (excludes halogenated alkanes) is 3. The quantitative estimate of drug-likeness (QED) is 0.00771. The maximum Gasteiger partial charge on any atom is 0.310 e. The van der Waals surface area contributed by atoms with E-state index in [-0.39, 0.29) is 135 Å². The van der Waals surface area contributed by atoms with Crippen molar-refractivity contribution in [1.29, 1.82) is 10.8 Å². The van der Waals surface area contributed by atoms with Crippen molar-refractivity contribution in [2.75, 3.05) is 98.3 Å². The number of methoxy groups -OCH3 is 3. The number of esters is 2. The number of primary amides is 1. The van der Waals surface area contributed by atoms with Gasteiger partial charge in [0.15, 0.2) is 34.9 Å². The van der Waals surface area contributed by atoms with E-state index >= 15 is 0 Å². The van der Waals surface area contributed by atoms with Gasteiger partial charge in [-0.3, -0.25) is 78.0 Å². The fourth-order valence-electron chi connectivity index (χ4n) is 15.1. The van der Waals surface area contributed by atoms with E-state index in [2.05, 4.69) is 58.2 Å². The Kier molecular flexibility index (Phi) is 38.9. The summed E-state index contributed by atoms with van der Waals surface area (Å²) in [5.74, 6) is -10.7. The summed E-state index contributed by atoms with van der Waals surface area (Å²) in [5.41, 5.74) is 43.6. The lowest BCUT2D eigenvalue weighted by molar-refractivity contribution is -0.155. The summed E-state index contributed by atoms with van der Waals surface area (Å²) in [5, 5.41) is 42.2. The molecule has 0 bridgehead atoms. The first-order chi connectivity index (χ1) is 59.6. The van der Waals surface area contributed by atoms with Crippen LogP contribution in [0.1, 0.15) is 143 Å². The van der Waals surface area contributed by atoms with Crippen LogP contribution in [0.25, 0.3) is 10.9 Å². The van der Waals surface area contributed by atoms with E-state index in [9.17, 15) is 62.3 Å². The molecule has 2 fully saturated rings. The number of nitrogens with zero attached hydrogens (tertiary/aromatic N) is 1. The minimum absolute atomic E-state index is 0.00209. The number of fused-ring (bicyclic) bond motifs is 4. The van der Waals surface area contributed by atoms with Crippen LogP contribution < -0.4 is 117 Å². The number of hydrogen-bond donors (Lipinski definition) is 20. The second-order valence-electron chi connectivity index (χ2n) is 30.4. The van der Waals surface area contributed by atoms with Gasteiger partial charge in [-0.05, 0) is 169 Å². The lowest BCUT2D eigenvalue weighted by Crippen LogP contribution is -2.60. The van der Waals surface area contributed by atoms with Crippen molar-refractivity contribution < 1.29 is 95.5 Å². The number of aromatic nitrogens is 1. The second-order valence-corrected chi connectivity index (χ2v) is 32.6. The third kappa shape index (κ3) is 27.8. The van der Waals surface area contributed by atoms with Crippen LogP contribution in [0.2, 0.25) is 0 Å². The predicted molar refractivity (Wildman–Crippen MR) is 460 cm³/mol. The monoisotopic (exact) mass is 1770 g/mol. The number of benzene rings is 3. The number of H-pyrrole nitrogens is 1. The van der Waals surface area contributed by atoms with E-state index < -0.39 is 167 Å². The van der Waals surface area contributed by atoms with Gasteiger partial charge in [0.1, 0.15) is 48.4 Å². The summed E-state index contributed by atoms with van der Waals surface area (Å²) in [6, 6.07) is 3.70. The lowest BCUT2D eigenvalue weighted by atomic mass is 9.66. The number of hydrogen-bond acceptors (Lipinski definition) is 28. The van der Waals surface area contributed by atoms with Crippen molar-refractivity contribution in [2.45, 2.75) is 181 Å². The maximum atomic E-state index is 14.9.